The molecule has 0 spiro atoms. The van der Waals surface area contributed by atoms with E-state index in [4.69, 9.17) is 9.47 Å². The molecular formula is C28H26BrN3O5. The van der Waals surface area contributed by atoms with Crippen molar-refractivity contribution in [3.63, 3.8) is 0 Å². The molecule has 1 heterocycles. The Morgan fingerprint density at radius 2 is 1.68 bits per heavy atom. The van der Waals surface area contributed by atoms with Crippen molar-refractivity contribution in [3.8, 4) is 11.5 Å². The number of imide groups is 1. The van der Waals surface area contributed by atoms with Gasteiger partial charge in [0.2, 0.25) is 0 Å². The molecule has 9 heteroatoms. The lowest BCUT2D eigenvalue weighted by atomic mass is 10.1. The number of anilines is 1. The molecule has 1 aliphatic heterocycles. The van der Waals surface area contributed by atoms with Gasteiger partial charge in [0.05, 0.1) is 18.1 Å². The number of aryl methyl sites for hydroxylation is 2. The SMILES string of the molecule is COc1cc(/C=C2/NC(=O)N(Cc3ccc(C)cc3)C2=O)cc(Br)c1OCC(=O)Nc1ccc(C)cc1. The van der Waals surface area contributed by atoms with Crippen LogP contribution in [0.4, 0.5) is 10.5 Å². The molecule has 3 aromatic carbocycles. The molecule has 4 amide bonds. The molecule has 0 unspecified atom stereocenters. The van der Waals surface area contributed by atoms with E-state index in [0.29, 0.717) is 27.2 Å². The summed E-state index contributed by atoms with van der Waals surface area (Å²) in [4.78, 5) is 38.9. The highest BCUT2D eigenvalue weighted by Crippen LogP contribution is 2.37. The Bertz CT molecular complexity index is 1370. The number of hydrogen-bond acceptors (Lipinski definition) is 5. The summed E-state index contributed by atoms with van der Waals surface area (Å²) < 4.78 is 11.7. The number of amides is 4. The molecule has 0 aliphatic carbocycles. The van der Waals surface area contributed by atoms with Crippen LogP contribution < -0.4 is 20.1 Å². The third-order valence-corrected chi connectivity index (χ3v) is 6.26. The molecule has 190 valence electrons. The maximum absolute atomic E-state index is 12.9. The highest BCUT2D eigenvalue weighted by molar-refractivity contribution is 9.10. The minimum atomic E-state index is -0.484. The molecule has 1 aliphatic rings. The summed E-state index contributed by atoms with van der Waals surface area (Å²) in [5, 5.41) is 5.41. The first kappa shape index (κ1) is 26.0. The number of rotatable bonds is 8. The molecule has 4 rings (SSSR count). The van der Waals surface area contributed by atoms with Crippen molar-refractivity contribution in [1.82, 2.24) is 10.2 Å². The van der Waals surface area contributed by atoms with E-state index >= 15 is 0 Å². The fraction of sp³-hybridized carbons (Fsp3) is 0.179. The highest BCUT2D eigenvalue weighted by Gasteiger charge is 2.33. The van der Waals surface area contributed by atoms with Crippen molar-refractivity contribution in [2.75, 3.05) is 19.0 Å². The Balaban J connectivity index is 1.45. The fourth-order valence-corrected chi connectivity index (χ4v) is 4.27. The number of nitrogens with one attached hydrogen (secondary N) is 2. The van der Waals surface area contributed by atoms with Crippen LogP contribution in [0.2, 0.25) is 0 Å². The van der Waals surface area contributed by atoms with Gasteiger partial charge >= 0.3 is 6.03 Å². The summed E-state index contributed by atoms with van der Waals surface area (Å²) in [7, 11) is 1.48. The van der Waals surface area contributed by atoms with E-state index in [9.17, 15) is 14.4 Å². The zero-order chi connectivity index (χ0) is 26.5. The van der Waals surface area contributed by atoms with E-state index < -0.39 is 11.9 Å². The van der Waals surface area contributed by atoms with Gasteiger partial charge in [-0.05, 0) is 71.2 Å². The lowest BCUT2D eigenvalue weighted by Crippen LogP contribution is -2.30. The largest absolute Gasteiger partial charge is 0.493 e. The van der Waals surface area contributed by atoms with E-state index in [2.05, 4.69) is 26.6 Å². The zero-order valence-electron chi connectivity index (χ0n) is 20.6. The zero-order valence-corrected chi connectivity index (χ0v) is 22.2. The Kier molecular flexibility index (Phi) is 7.93. The van der Waals surface area contributed by atoms with Crippen molar-refractivity contribution >= 4 is 45.5 Å². The number of hydrogen-bond donors (Lipinski definition) is 2. The van der Waals surface area contributed by atoms with Crippen LogP contribution in [-0.2, 0) is 16.1 Å². The first-order chi connectivity index (χ1) is 17.7. The molecule has 37 heavy (non-hydrogen) atoms. The normalized spacial score (nSPS) is 14.1. The van der Waals surface area contributed by atoms with Crippen LogP contribution >= 0.6 is 15.9 Å². The summed E-state index contributed by atoms with van der Waals surface area (Å²) in [6.45, 7) is 3.88. The number of carbonyl (C=O) groups is 3. The third kappa shape index (κ3) is 6.37. The van der Waals surface area contributed by atoms with Crippen LogP contribution in [0.3, 0.4) is 0 Å². The predicted octanol–water partition coefficient (Wildman–Crippen LogP) is 5.18. The molecule has 1 fully saturated rings. The Morgan fingerprint density at radius 1 is 1.03 bits per heavy atom. The van der Waals surface area contributed by atoms with Gasteiger partial charge in [-0.15, -0.1) is 0 Å². The molecule has 0 radical (unpaired) electrons. The van der Waals surface area contributed by atoms with E-state index in [1.807, 2.05) is 62.4 Å². The number of urea groups is 1. The first-order valence-electron chi connectivity index (χ1n) is 11.5. The molecule has 0 aromatic heterocycles. The lowest BCUT2D eigenvalue weighted by Gasteiger charge is -2.14. The van der Waals surface area contributed by atoms with Crippen molar-refractivity contribution in [1.29, 1.82) is 0 Å². The van der Waals surface area contributed by atoms with Gasteiger partial charge in [-0.1, -0.05) is 47.5 Å². The number of nitrogens with zero attached hydrogens (tertiary/aromatic N) is 1. The minimum absolute atomic E-state index is 0.150. The van der Waals surface area contributed by atoms with Gasteiger partial charge in [-0.2, -0.15) is 0 Å². The van der Waals surface area contributed by atoms with E-state index in [1.165, 1.54) is 7.11 Å². The van der Waals surface area contributed by atoms with E-state index in [-0.39, 0.29) is 24.8 Å². The number of carbonyl (C=O) groups excluding carboxylic acids is 3. The highest BCUT2D eigenvalue weighted by atomic mass is 79.9. The van der Waals surface area contributed by atoms with Crippen LogP contribution in [0.15, 0.2) is 70.8 Å². The number of halogens is 1. The van der Waals surface area contributed by atoms with Crippen LogP contribution in [0, 0.1) is 13.8 Å². The Morgan fingerprint density at radius 3 is 2.32 bits per heavy atom. The summed E-state index contributed by atoms with van der Waals surface area (Å²) in [6, 6.07) is 18.0. The molecular weight excluding hydrogens is 538 g/mol. The van der Waals surface area contributed by atoms with E-state index in [0.717, 1.165) is 21.6 Å². The van der Waals surface area contributed by atoms with Crippen molar-refractivity contribution < 1.29 is 23.9 Å². The predicted molar refractivity (Wildman–Crippen MR) is 144 cm³/mol. The van der Waals surface area contributed by atoms with Gasteiger partial charge in [0, 0.05) is 5.69 Å². The smallest absolute Gasteiger partial charge is 0.329 e. The molecule has 1 saturated heterocycles. The van der Waals surface area contributed by atoms with Crippen molar-refractivity contribution in [2.24, 2.45) is 0 Å². The monoisotopic (exact) mass is 563 g/mol. The maximum Gasteiger partial charge on any atom is 0.329 e. The quantitative estimate of drug-likeness (QED) is 0.290. The van der Waals surface area contributed by atoms with Crippen LogP contribution in [0.25, 0.3) is 6.08 Å². The molecule has 0 bridgehead atoms. The number of methoxy groups -OCH3 is 1. The molecule has 2 N–H and O–H groups in total. The van der Waals surface area contributed by atoms with Crippen molar-refractivity contribution in [3.05, 3.63) is 93.1 Å². The van der Waals surface area contributed by atoms with E-state index in [1.54, 1.807) is 18.2 Å². The Labute approximate surface area is 223 Å². The first-order valence-corrected chi connectivity index (χ1v) is 12.3. The lowest BCUT2D eigenvalue weighted by molar-refractivity contribution is -0.123. The number of benzene rings is 3. The van der Waals surface area contributed by atoms with Gasteiger partial charge < -0.3 is 20.1 Å². The van der Waals surface area contributed by atoms with Crippen LogP contribution in [0.1, 0.15) is 22.3 Å². The topological polar surface area (TPSA) is 97.0 Å². The average molecular weight is 564 g/mol. The minimum Gasteiger partial charge on any atom is -0.493 e. The fourth-order valence-electron chi connectivity index (χ4n) is 3.69. The van der Waals surface area contributed by atoms with Crippen molar-refractivity contribution in [2.45, 2.75) is 20.4 Å². The third-order valence-electron chi connectivity index (χ3n) is 5.67. The van der Waals surface area contributed by atoms with Gasteiger partial charge in [-0.25, -0.2) is 4.79 Å². The van der Waals surface area contributed by atoms with Gasteiger partial charge in [0.25, 0.3) is 11.8 Å². The second kappa shape index (κ2) is 11.3. The van der Waals surface area contributed by atoms with Gasteiger partial charge in [0.1, 0.15) is 5.70 Å². The molecule has 3 aromatic rings. The molecule has 0 saturated carbocycles. The van der Waals surface area contributed by atoms with Crippen LogP contribution in [-0.4, -0.2) is 36.5 Å². The average Bonchev–Trinajstić information content (AvgIpc) is 3.13. The summed E-state index contributed by atoms with van der Waals surface area (Å²) in [5.41, 5.74) is 4.47. The second-order valence-electron chi connectivity index (χ2n) is 8.60. The summed E-state index contributed by atoms with van der Waals surface area (Å²) >= 11 is 3.45. The standard InChI is InChI=1S/C28H26BrN3O5/c1-17-4-8-19(9-5-17)15-32-27(34)23(31-28(32)35)13-20-12-22(29)26(24(14-20)36-3)37-16-25(33)30-21-10-6-18(2)7-11-21/h4-14H,15-16H2,1-3H3,(H,30,33)(H,31,35)/b23-13+. The van der Waals surface area contributed by atoms with Gasteiger partial charge in [-0.3, -0.25) is 14.5 Å². The maximum atomic E-state index is 12.9. The second-order valence-corrected chi connectivity index (χ2v) is 9.46. The molecule has 8 nitrogen and oxygen atoms in total. The molecule has 0 atom stereocenters. The van der Waals surface area contributed by atoms with Gasteiger partial charge in [0.15, 0.2) is 18.1 Å². The summed E-state index contributed by atoms with van der Waals surface area (Å²) in [5.74, 6) is -0.0465. The summed E-state index contributed by atoms with van der Waals surface area (Å²) in [6.07, 6.45) is 1.57. The van der Waals surface area contributed by atoms with Crippen LogP contribution in [0.5, 0.6) is 11.5 Å². The number of ether oxygens (including phenoxy) is 2. The Hall–Kier alpha value is -4.11.